The fourth-order valence-electron chi connectivity index (χ4n) is 4.05. The third kappa shape index (κ3) is 4.87. The molecule has 0 spiro atoms. The molecular weight excluding hydrogens is 464 g/mol. The van der Waals surface area contributed by atoms with Crippen LogP contribution in [0.3, 0.4) is 0 Å². The SMILES string of the molecule is CCC(=O)N1CCC(Nc2n[nH]c3nccc(Oc4ccc(C(=O)Nc5nccc(=O)[nH]5)cc4)c23)C1. The van der Waals surface area contributed by atoms with Gasteiger partial charge in [0, 0.05) is 55.6 Å². The average Bonchev–Trinajstić information content (AvgIpc) is 3.52. The Bertz CT molecular complexity index is 1460. The topological polar surface area (TPSA) is 158 Å². The molecule has 1 aliphatic heterocycles. The van der Waals surface area contributed by atoms with E-state index in [1.807, 2.05) is 11.8 Å². The lowest BCUT2D eigenvalue weighted by molar-refractivity contribution is -0.129. The van der Waals surface area contributed by atoms with Gasteiger partial charge < -0.3 is 15.0 Å². The molecule has 0 radical (unpaired) electrons. The van der Waals surface area contributed by atoms with Gasteiger partial charge in [-0.2, -0.15) is 5.10 Å². The van der Waals surface area contributed by atoms with Crippen molar-refractivity contribution in [3.63, 3.8) is 0 Å². The maximum Gasteiger partial charge on any atom is 0.257 e. The quantitative estimate of drug-likeness (QED) is 0.309. The molecule has 4 heterocycles. The molecule has 1 unspecified atom stereocenters. The lowest BCUT2D eigenvalue weighted by Crippen LogP contribution is -2.31. The molecule has 12 heteroatoms. The molecular formula is C24H24N8O4. The van der Waals surface area contributed by atoms with E-state index in [1.165, 1.54) is 12.3 Å². The van der Waals surface area contributed by atoms with Crippen LogP contribution in [-0.2, 0) is 4.79 Å². The summed E-state index contributed by atoms with van der Waals surface area (Å²) in [4.78, 5) is 48.4. The number of amides is 2. The van der Waals surface area contributed by atoms with Crippen molar-refractivity contribution in [2.75, 3.05) is 23.7 Å². The number of anilines is 2. The lowest BCUT2D eigenvalue weighted by atomic mass is 10.2. The fourth-order valence-corrected chi connectivity index (χ4v) is 4.05. The number of fused-ring (bicyclic) bond motifs is 1. The molecule has 1 aliphatic rings. The molecule has 0 bridgehead atoms. The first kappa shape index (κ1) is 23.0. The van der Waals surface area contributed by atoms with Crippen LogP contribution in [0.1, 0.15) is 30.1 Å². The third-order valence-electron chi connectivity index (χ3n) is 5.85. The second kappa shape index (κ2) is 9.86. The number of hydrogen-bond donors (Lipinski definition) is 4. The minimum Gasteiger partial charge on any atom is -0.456 e. The zero-order valence-corrected chi connectivity index (χ0v) is 19.4. The van der Waals surface area contributed by atoms with Crippen molar-refractivity contribution < 1.29 is 14.3 Å². The smallest absolute Gasteiger partial charge is 0.257 e. The summed E-state index contributed by atoms with van der Waals surface area (Å²) < 4.78 is 6.10. The summed E-state index contributed by atoms with van der Waals surface area (Å²) >= 11 is 0. The van der Waals surface area contributed by atoms with E-state index in [0.29, 0.717) is 53.4 Å². The maximum atomic E-state index is 12.5. The molecule has 1 atom stereocenters. The summed E-state index contributed by atoms with van der Waals surface area (Å²) in [7, 11) is 0. The average molecular weight is 489 g/mol. The largest absolute Gasteiger partial charge is 0.456 e. The Balaban J connectivity index is 1.30. The van der Waals surface area contributed by atoms with E-state index in [4.69, 9.17) is 4.74 Å². The third-order valence-corrected chi connectivity index (χ3v) is 5.85. The number of benzene rings is 1. The van der Waals surface area contributed by atoms with E-state index in [1.54, 1.807) is 36.5 Å². The van der Waals surface area contributed by atoms with Gasteiger partial charge in [-0.1, -0.05) is 6.92 Å². The van der Waals surface area contributed by atoms with Gasteiger partial charge in [-0.15, -0.1) is 0 Å². The second-order valence-corrected chi connectivity index (χ2v) is 8.29. The van der Waals surface area contributed by atoms with E-state index in [2.05, 4.69) is 35.8 Å². The Morgan fingerprint density at radius 3 is 2.72 bits per heavy atom. The number of carbonyl (C=O) groups excluding carboxylic acids is 2. The van der Waals surface area contributed by atoms with Crippen LogP contribution in [0.15, 0.2) is 53.6 Å². The normalized spacial score (nSPS) is 15.1. The van der Waals surface area contributed by atoms with E-state index < -0.39 is 5.91 Å². The second-order valence-electron chi connectivity index (χ2n) is 8.29. The van der Waals surface area contributed by atoms with Crippen LogP contribution in [0.2, 0.25) is 0 Å². The lowest BCUT2D eigenvalue weighted by Gasteiger charge is -2.16. The number of rotatable bonds is 7. The van der Waals surface area contributed by atoms with Crippen molar-refractivity contribution in [1.29, 1.82) is 0 Å². The van der Waals surface area contributed by atoms with Crippen LogP contribution < -0.4 is 20.9 Å². The monoisotopic (exact) mass is 488 g/mol. The standard InChI is InChI=1S/C24H24N8O4/c1-2-19(34)32-12-9-15(13-32)27-22-20-17(7-10-25-21(20)30-31-22)36-16-5-3-14(4-6-16)23(35)29-24-26-11-8-18(33)28-24/h3-8,10-11,15H,2,9,12-13H2,1H3,(H2,25,27,30,31)(H2,26,28,29,33,35). The van der Waals surface area contributed by atoms with Crippen molar-refractivity contribution in [3.05, 3.63) is 64.7 Å². The molecule has 0 saturated carbocycles. The number of ether oxygens (including phenoxy) is 1. The van der Waals surface area contributed by atoms with Gasteiger partial charge in [-0.05, 0) is 30.7 Å². The van der Waals surface area contributed by atoms with Crippen molar-refractivity contribution in [3.8, 4) is 11.5 Å². The number of carbonyl (C=O) groups is 2. The zero-order valence-electron chi connectivity index (χ0n) is 19.4. The molecule has 1 saturated heterocycles. The van der Waals surface area contributed by atoms with Gasteiger partial charge in [0.05, 0.1) is 0 Å². The highest BCUT2D eigenvalue weighted by Crippen LogP contribution is 2.33. The highest BCUT2D eigenvalue weighted by atomic mass is 16.5. The Kier molecular flexibility index (Phi) is 6.31. The molecule has 5 rings (SSSR count). The Morgan fingerprint density at radius 1 is 1.14 bits per heavy atom. The van der Waals surface area contributed by atoms with Crippen LogP contribution in [-0.4, -0.2) is 61.0 Å². The highest BCUT2D eigenvalue weighted by Gasteiger charge is 2.26. The van der Waals surface area contributed by atoms with Gasteiger partial charge in [-0.3, -0.25) is 29.8 Å². The summed E-state index contributed by atoms with van der Waals surface area (Å²) in [6.07, 6.45) is 4.25. The minimum atomic E-state index is -0.421. The first-order chi connectivity index (χ1) is 17.5. The van der Waals surface area contributed by atoms with E-state index in [-0.39, 0.29) is 23.5 Å². The molecule has 4 N–H and O–H groups in total. The highest BCUT2D eigenvalue weighted by molar-refractivity contribution is 6.03. The minimum absolute atomic E-state index is 0.0661. The van der Waals surface area contributed by atoms with E-state index in [0.717, 1.165) is 6.42 Å². The van der Waals surface area contributed by atoms with Gasteiger partial charge in [0.1, 0.15) is 16.9 Å². The summed E-state index contributed by atoms with van der Waals surface area (Å²) in [5.74, 6) is 1.44. The molecule has 4 aromatic rings. The predicted molar refractivity (Wildman–Crippen MR) is 132 cm³/mol. The molecule has 12 nitrogen and oxygen atoms in total. The first-order valence-electron chi connectivity index (χ1n) is 11.5. The van der Waals surface area contributed by atoms with Crippen LogP contribution in [0.25, 0.3) is 11.0 Å². The van der Waals surface area contributed by atoms with Crippen LogP contribution in [0, 0.1) is 0 Å². The number of aromatic nitrogens is 5. The number of H-pyrrole nitrogens is 2. The van der Waals surface area contributed by atoms with E-state index >= 15 is 0 Å². The number of hydrogen-bond acceptors (Lipinski definition) is 8. The first-order valence-corrected chi connectivity index (χ1v) is 11.5. The number of nitrogens with one attached hydrogen (secondary N) is 4. The van der Waals surface area contributed by atoms with Crippen molar-refractivity contribution in [1.82, 2.24) is 30.0 Å². The van der Waals surface area contributed by atoms with Crippen molar-refractivity contribution in [2.24, 2.45) is 0 Å². The van der Waals surface area contributed by atoms with Gasteiger partial charge in [0.25, 0.3) is 11.5 Å². The van der Waals surface area contributed by atoms with Gasteiger partial charge >= 0.3 is 0 Å². The van der Waals surface area contributed by atoms with Crippen LogP contribution >= 0.6 is 0 Å². The Morgan fingerprint density at radius 2 is 1.94 bits per heavy atom. The summed E-state index contributed by atoms with van der Waals surface area (Å²) in [5.41, 5.74) is 0.571. The number of nitrogens with zero attached hydrogens (tertiary/aromatic N) is 4. The molecule has 3 aromatic heterocycles. The Hall–Kier alpha value is -4.74. The summed E-state index contributed by atoms with van der Waals surface area (Å²) in [6.45, 7) is 3.19. The van der Waals surface area contributed by atoms with Crippen molar-refractivity contribution in [2.45, 2.75) is 25.8 Å². The maximum absolute atomic E-state index is 12.5. The number of aromatic amines is 2. The molecule has 2 amide bonds. The molecule has 184 valence electrons. The van der Waals surface area contributed by atoms with Crippen LogP contribution in [0.4, 0.5) is 11.8 Å². The number of pyridine rings is 1. The van der Waals surface area contributed by atoms with Crippen LogP contribution in [0.5, 0.6) is 11.5 Å². The predicted octanol–water partition coefficient (Wildman–Crippen LogP) is 2.51. The fraction of sp³-hybridized carbons (Fsp3) is 0.250. The summed E-state index contributed by atoms with van der Waals surface area (Å²) in [5, 5.41) is 13.9. The Labute approximate surface area is 205 Å². The zero-order chi connectivity index (χ0) is 25.1. The van der Waals surface area contributed by atoms with Crippen molar-refractivity contribution >= 4 is 34.6 Å². The molecule has 0 aliphatic carbocycles. The van der Waals surface area contributed by atoms with Gasteiger partial charge in [-0.25, -0.2) is 9.97 Å². The summed E-state index contributed by atoms with van der Waals surface area (Å²) in [6, 6.07) is 9.62. The van der Waals surface area contributed by atoms with E-state index in [9.17, 15) is 14.4 Å². The molecule has 1 fully saturated rings. The molecule has 36 heavy (non-hydrogen) atoms. The van der Waals surface area contributed by atoms with Gasteiger partial charge in [0.15, 0.2) is 11.5 Å². The van der Waals surface area contributed by atoms with Gasteiger partial charge in [0.2, 0.25) is 11.9 Å². The number of likely N-dealkylation sites (tertiary alicyclic amines) is 1. The molecule has 1 aromatic carbocycles.